The van der Waals surface area contributed by atoms with Crippen molar-refractivity contribution < 1.29 is 5.11 Å². The van der Waals surface area contributed by atoms with Crippen LogP contribution in [-0.4, -0.2) is 96.8 Å². The standard InChI is InChI=1S/C14H27N5O/c1-2-15-14(19-4-3-13(20)11-19)16-9-12-10-17-5-7-18(12)8-6-17/h12-13,20H,2-11H2,1H3,(H,15,16)/t12?,13-/m1/s1. The number of β-amino-alcohol motifs (C(OH)–C–C–N with tert-alkyl or cyclic N) is 1. The molecule has 6 nitrogen and oxygen atoms in total. The molecular weight excluding hydrogens is 254 g/mol. The topological polar surface area (TPSA) is 54.3 Å². The molecule has 6 heteroatoms. The van der Waals surface area contributed by atoms with Crippen LogP contribution in [0, 0.1) is 0 Å². The van der Waals surface area contributed by atoms with Gasteiger partial charge in [-0.2, -0.15) is 0 Å². The minimum Gasteiger partial charge on any atom is -0.391 e. The summed E-state index contributed by atoms with van der Waals surface area (Å²) in [4.78, 5) is 12.1. The van der Waals surface area contributed by atoms with Crippen molar-refractivity contribution in [2.45, 2.75) is 25.5 Å². The van der Waals surface area contributed by atoms with E-state index in [9.17, 15) is 5.11 Å². The van der Waals surface area contributed by atoms with E-state index in [1.807, 2.05) is 0 Å². The molecule has 0 aliphatic carbocycles. The molecule has 2 N–H and O–H groups in total. The zero-order valence-electron chi connectivity index (χ0n) is 12.5. The Labute approximate surface area is 121 Å². The Morgan fingerprint density at radius 1 is 1.20 bits per heavy atom. The molecule has 114 valence electrons. The van der Waals surface area contributed by atoms with Crippen molar-refractivity contribution in [3.63, 3.8) is 0 Å². The molecule has 0 amide bonds. The van der Waals surface area contributed by atoms with Gasteiger partial charge in [0.15, 0.2) is 5.96 Å². The van der Waals surface area contributed by atoms with E-state index in [-0.39, 0.29) is 6.10 Å². The zero-order valence-corrected chi connectivity index (χ0v) is 12.5. The van der Waals surface area contributed by atoms with E-state index in [4.69, 9.17) is 4.99 Å². The van der Waals surface area contributed by atoms with E-state index in [0.717, 1.165) is 38.6 Å². The molecule has 2 atom stereocenters. The summed E-state index contributed by atoms with van der Waals surface area (Å²) < 4.78 is 0. The SMILES string of the molecule is CCNC(=NCC1CN2CCN1CC2)N1CC[C@@H](O)C1. The first-order chi connectivity index (χ1) is 9.76. The second-order valence-electron chi connectivity index (χ2n) is 6.07. The third-order valence-electron chi connectivity index (χ3n) is 4.64. The largest absolute Gasteiger partial charge is 0.391 e. The fraction of sp³-hybridized carbons (Fsp3) is 0.929. The number of likely N-dealkylation sites (tertiary alicyclic amines) is 1. The van der Waals surface area contributed by atoms with E-state index in [1.165, 1.54) is 26.2 Å². The molecule has 20 heavy (non-hydrogen) atoms. The van der Waals surface area contributed by atoms with E-state index in [1.54, 1.807) is 0 Å². The van der Waals surface area contributed by atoms with Crippen LogP contribution in [0.4, 0.5) is 0 Å². The summed E-state index contributed by atoms with van der Waals surface area (Å²) in [6.07, 6.45) is 0.660. The van der Waals surface area contributed by atoms with Crippen molar-refractivity contribution in [1.82, 2.24) is 20.0 Å². The van der Waals surface area contributed by atoms with Crippen molar-refractivity contribution in [3.8, 4) is 0 Å². The predicted molar refractivity (Wildman–Crippen MR) is 80.0 cm³/mol. The number of nitrogens with one attached hydrogen (secondary N) is 1. The molecule has 4 saturated heterocycles. The quantitative estimate of drug-likeness (QED) is 0.514. The Morgan fingerprint density at radius 3 is 2.55 bits per heavy atom. The molecule has 4 aliphatic heterocycles. The summed E-state index contributed by atoms with van der Waals surface area (Å²) in [6.45, 7) is 11.5. The second kappa shape index (κ2) is 6.28. The lowest BCUT2D eigenvalue weighted by Crippen LogP contribution is -2.62. The molecule has 1 unspecified atom stereocenters. The van der Waals surface area contributed by atoms with Crippen LogP contribution >= 0.6 is 0 Å². The lowest BCUT2D eigenvalue weighted by Gasteiger charge is -2.47. The number of aliphatic imine (C=N–C) groups is 1. The molecule has 4 fully saturated rings. The van der Waals surface area contributed by atoms with E-state index in [0.29, 0.717) is 12.6 Å². The first-order valence-corrected chi connectivity index (χ1v) is 7.94. The molecule has 4 aliphatic rings. The minimum atomic E-state index is -0.195. The average Bonchev–Trinajstić information content (AvgIpc) is 2.91. The van der Waals surface area contributed by atoms with Gasteiger partial charge in [0, 0.05) is 58.4 Å². The molecule has 4 heterocycles. The first kappa shape index (κ1) is 14.1. The Morgan fingerprint density at radius 2 is 2.00 bits per heavy atom. The second-order valence-corrected chi connectivity index (χ2v) is 6.07. The van der Waals surface area contributed by atoms with Crippen LogP contribution in [-0.2, 0) is 0 Å². The number of guanidine groups is 1. The summed E-state index contributed by atoms with van der Waals surface area (Å²) in [5.74, 6) is 0.974. The summed E-state index contributed by atoms with van der Waals surface area (Å²) >= 11 is 0. The van der Waals surface area contributed by atoms with Crippen LogP contribution in [0.3, 0.4) is 0 Å². The molecule has 0 aromatic rings. The van der Waals surface area contributed by atoms with E-state index in [2.05, 4.69) is 26.9 Å². The van der Waals surface area contributed by atoms with Crippen molar-refractivity contribution >= 4 is 5.96 Å². The Hall–Kier alpha value is -0.850. The van der Waals surface area contributed by atoms with Crippen molar-refractivity contribution in [2.75, 3.05) is 58.9 Å². The molecule has 2 bridgehead atoms. The monoisotopic (exact) mass is 281 g/mol. The molecule has 0 radical (unpaired) electrons. The average molecular weight is 281 g/mol. The minimum absolute atomic E-state index is 0.195. The van der Waals surface area contributed by atoms with Gasteiger partial charge in [-0.3, -0.25) is 14.8 Å². The van der Waals surface area contributed by atoms with E-state index < -0.39 is 0 Å². The zero-order chi connectivity index (χ0) is 13.9. The van der Waals surface area contributed by atoms with Gasteiger partial charge in [0.05, 0.1) is 12.6 Å². The molecular formula is C14H27N5O. The number of piperazine rings is 3. The van der Waals surface area contributed by atoms with Gasteiger partial charge in [-0.25, -0.2) is 0 Å². The maximum atomic E-state index is 9.68. The van der Waals surface area contributed by atoms with E-state index >= 15 is 0 Å². The normalized spacial score (nSPS) is 37.5. The van der Waals surface area contributed by atoms with Gasteiger partial charge in [0.2, 0.25) is 0 Å². The van der Waals surface area contributed by atoms with Crippen molar-refractivity contribution in [2.24, 2.45) is 4.99 Å². The number of aliphatic hydroxyl groups excluding tert-OH is 1. The maximum absolute atomic E-state index is 9.68. The Kier molecular flexibility index (Phi) is 4.43. The molecule has 0 saturated carbocycles. The van der Waals surface area contributed by atoms with Gasteiger partial charge >= 0.3 is 0 Å². The molecule has 4 rings (SSSR count). The van der Waals surface area contributed by atoms with Gasteiger partial charge in [0.1, 0.15) is 0 Å². The van der Waals surface area contributed by atoms with Crippen molar-refractivity contribution in [3.05, 3.63) is 0 Å². The lowest BCUT2D eigenvalue weighted by atomic mass is 10.1. The summed E-state index contributed by atoms with van der Waals surface area (Å²) in [5, 5.41) is 13.0. The summed E-state index contributed by atoms with van der Waals surface area (Å²) in [5.41, 5.74) is 0. The lowest BCUT2D eigenvalue weighted by molar-refractivity contribution is 0.0173. The molecule has 0 aromatic heterocycles. The van der Waals surface area contributed by atoms with Crippen LogP contribution in [0.1, 0.15) is 13.3 Å². The Bertz CT molecular complexity index is 353. The van der Waals surface area contributed by atoms with Crippen LogP contribution in [0.2, 0.25) is 0 Å². The van der Waals surface area contributed by atoms with Crippen LogP contribution in [0.25, 0.3) is 0 Å². The number of hydrogen-bond donors (Lipinski definition) is 2. The fourth-order valence-corrected chi connectivity index (χ4v) is 3.45. The highest BCUT2D eigenvalue weighted by Gasteiger charge is 2.32. The van der Waals surface area contributed by atoms with Crippen LogP contribution in [0.15, 0.2) is 4.99 Å². The number of rotatable bonds is 3. The number of hydrogen-bond acceptors (Lipinski definition) is 4. The third-order valence-corrected chi connectivity index (χ3v) is 4.64. The number of fused-ring (bicyclic) bond motifs is 3. The highest BCUT2D eigenvalue weighted by atomic mass is 16.3. The smallest absolute Gasteiger partial charge is 0.194 e. The van der Waals surface area contributed by atoms with Crippen LogP contribution < -0.4 is 5.32 Å². The third kappa shape index (κ3) is 3.07. The Balaban J connectivity index is 1.59. The number of aliphatic hydroxyl groups is 1. The van der Waals surface area contributed by atoms with Crippen molar-refractivity contribution in [1.29, 1.82) is 0 Å². The van der Waals surface area contributed by atoms with Gasteiger partial charge < -0.3 is 15.3 Å². The van der Waals surface area contributed by atoms with Gasteiger partial charge in [-0.05, 0) is 13.3 Å². The summed E-state index contributed by atoms with van der Waals surface area (Å²) in [7, 11) is 0. The summed E-state index contributed by atoms with van der Waals surface area (Å²) in [6, 6.07) is 0.568. The highest BCUT2D eigenvalue weighted by Crippen LogP contribution is 2.16. The molecule has 0 aromatic carbocycles. The van der Waals surface area contributed by atoms with Crippen LogP contribution in [0.5, 0.6) is 0 Å². The fourth-order valence-electron chi connectivity index (χ4n) is 3.45. The van der Waals surface area contributed by atoms with Gasteiger partial charge in [-0.1, -0.05) is 0 Å². The molecule has 0 spiro atoms. The first-order valence-electron chi connectivity index (χ1n) is 7.94. The highest BCUT2D eigenvalue weighted by molar-refractivity contribution is 5.80. The maximum Gasteiger partial charge on any atom is 0.194 e. The van der Waals surface area contributed by atoms with Gasteiger partial charge in [-0.15, -0.1) is 0 Å². The van der Waals surface area contributed by atoms with Gasteiger partial charge in [0.25, 0.3) is 0 Å². The number of nitrogens with zero attached hydrogens (tertiary/aromatic N) is 4. The predicted octanol–water partition coefficient (Wildman–Crippen LogP) is -0.982.